The highest BCUT2D eigenvalue weighted by Gasteiger charge is 2.36. The van der Waals surface area contributed by atoms with Crippen LogP contribution in [-0.2, 0) is 0 Å². The van der Waals surface area contributed by atoms with Crippen LogP contribution >= 0.6 is 11.3 Å². The number of rotatable bonds is 2. The van der Waals surface area contributed by atoms with E-state index in [0.29, 0.717) is 23.0 Å². The second-order valence-corrected chi connectivity index (χ2v) is 6.78. The fraction of sp³-hybridized carbons (Fsp3) is 0.111. The van der Waals surface area contributed by atoms with Gasteiger partial charge in [-0.05, 0) is 29.1 Å². The number of benzene rings is 1. The van der Waals surface area contributed by atoms with Crippen LogP contribution in [0.25, 0.3) is 10.6 Å². The summed E-state index contributed by atoms with van der Waals surface area (Å²) in [5.74, 6) is 1.36. The SMILES string of the molecule is N#CC1=C(N)Oc2n[nH]c(-c3cccs3)c2[C@H]1c1ccc2c(c1)OCO2. The molecule has 1 atom stereocenters. The maximum absolute atomic E-state index is 9.72. The minimum Gasteiger partial charge on any atom is -0.454 e. The number of thiophene rings is 1. The van der Waals surface area contributed by atoms with Crippen molar-refractivity contribution in [3.05, 3.63) is 58.3 Å². The lowest BCUT2D eigenvalue weighted by Crippen LogP contribution is -2.20. The van der Waals surface area contributed by atoms with E-state index >= 15 is 0 Å². The predicted molar refractivity (Wildman–Crippen MR) is 93.8 cm³/mol. The summed E-state index contributed by atoms with van der Waals surface area (Å²) in [5.41, 5.74) is 8.81. The van der Waals surface area contributed by atoms with Gasteiger partial charge in [-0.25, -0.2) is 0 Å². The molecule has 2 aliphatic rings. The maximum atomic E-state index is 9.72. The molecule has 26 heavy (non-hydrogen) atoms. The summed E-state index contributed by atoms with van der Waals surface area (Å²) in [4.78, 5) is 1.01. The fourth-order valence-electron chi connectivity index (χ4n) is 3.28. The highest BCUT2D eigenvalue weighted by molar-refractivity contribution is 7.13. The smallest absolute Gasteiger partial charge is 0.244 e. The zero-order valence-electron chi connectivity index (χ0n) is 13.4. The molecule has 5 rings (SSSR count). The van der Waals surface area contributed by atoms with Crippen LogP contribution in [0.3, 0.4) is 0 Å². The Labute approximate surface area is 152 Å². The lowest BCUT2D eigenvalue weighted by atomic mass is 9.83. The van der Waals surface area contributed by atoms with E-state index in [2.05, 4.69) is 16.3 Å². The van der Waals surface area contributed by atoms with E-state index in [4.69, 9.17) is 19.9 Å². The third kappa shape index (κ3) is 2.08. The van der Waals surface area contributed by atoms with Gasteiger partial charge in [0.15, 0.2) is 11.5 Å². The number of nitrogens with zero attached hydrogens (tertiary/aromatic N) is 2. The third-order valence-corrected chi connectivity index (χ3v) is 5.32. The summed E-state index contributed by atoms with van der Waals surface area (Å²) in [6.45, 7) is 0.188. The molecule has 128 valence electrons. The molecule has 4 heterocycles. The number of ether oxygens (including phenoxy) is 3. The van der Waals surface area contributed by atoms with Crippen LogP contribution in [0.4, 0.5) is 0 Å². The van der Waals surface area contributed by atoms with E-state index in [1.54, 1.807) is 11.3 Å². The number of allylic oxidation sites excluding steroid dienone is 1. The zero-order valence-corrected chi connectivity index (χ0v) is 14.2. The van der Waals surface area contributed by atoms with Crippen LogP contribution in [0, 0.1) is 11.3 Å². The highest BCUT2D eigenvalue weighted by atomic mass is 32.1. The van der Waals surface area contributed by atoms with Crippen molar-refractivity contribution in [3.8, 4) is 34.0 Å². The molecule has 0 saturated heterocycles. The Balaban J connectivity index is 1.73. The Kier molecular flexibility index (Phi) is 3.17. The summed E-state index contributed by atoms with van der Waals surface area (Å²) in [7, 11) is 0. The molecule has 3 aromatic rings. The molecule has 0 bridgehead atoms. The minimum absolute atomic E-state index is 0.0619. The van der Waals surface area contributed by atoms with Gasteiger partial charge in [-0.15, -0.1) is 16.4 Å². The first-order valence-electron chi connectivity index (χ1n) is 7.85. The molecule has 0 fully saturated rings. The Bertz CT molecular complexity index is 1080. The second kappa shape index (κ2) is 5.54. The number of hydrogen-bond donors (Lipinski definition) is 2. The molecule has 0 aliphatic carbocycles. The largest absolute Gasteiger partial charge is 0.454 e. The van der Waals surface area contributed by atoms with Gasteiger partial charge in [-0.2, -0.15) is 5.26 Å². The number of hydrogen-bond acceptors (Lipinski definition) is 7. The molecular weight excluding hydrogens is 352 g/mol. The van der Waals surface area contributed by atoms with E-state index in [1.807, 2.05) is 35.7 Å². The molecule has 8 heteroatoms. The lowest BCUT2D eigenvalue weighted by Gasteiger charge is -2.24. The predicted octanol–water partition coefficient (Wildman–Crippen LogP) is 3.09. The first-order valence-corrected chi connectivity index (χ1v) is 8.73. The van der Waals surface area contributed by atoms with E-state index < -0.39 is 5.92 Å². The minimum atomic E-state index is -0.408. The van der Waals surface area contributed by atoms with E-state index in [-0.39, 0.29) is 12.7 Å². The number of aromatic amines is 1. The summed E-state index contributed by atoms with van der Waals surface area (Å²) in [6, 6.07) is 11.8. The van der Waals surface area contributed by atoms with Gasteiger partial charge in [-0.3, -0.25) is 5.10 Å². The Morgan fingerprint density at radius 1 is 1.27 bits per heavy atom. The number of nitrogens with one attached hydrogen (secondary N) is 1. The van der Waals surface area contributed by atoms with Crippen LogP contribution in [-0.4, -0.2) is 17.0 Å². The van der Waals surface area contributed by atoms with Gasteiger partial charge in [0, 0.05) is 0 Å². The molecule has 2 aliphatic heterocycles. The quantitative estimate of drug-likeness (QED) is 0.724. The average Bonchev–Trinajstić information content (AvgIpc) is 3.39. The van der Waals surface area contributed by atoms with Crippen molar-refractivity contribution in [1.29, 1.82) is 5.26 Å². The van der Waals surface area contributed by atoms with Crippen molar-refractivity contribution >= 4 is 11.3 Å². The maximum Gasteiger partial charge on any atom is 0.244 e. The average molecular weight is 364 g/mol. The van der Waals surface area contributed by atoms with Gasteiger partial charge >= 0.3 is 0 Å². The Morgan fingerprint density at radius 3 is 2.96 bits per heavy atom. The monoisotopic (exact) mass is 364 g/mol. The van der Waals surface area contributed by atoms with Crippen LogP contribution < -0.4 is 19.9 Å². The Hall–Kier alpha value is -3.44. The van der Waals surface area contributed by atoms with Gasteiger partial charge < -0.3 is 19.9 Å². The molecule has 7 nitrogen and oxygen atoms in total. The van der Waals surface area contributed by atoms with Gasteiger partial charge in [0.05, 0.1) is 22.1 Å². The number of aromatic nitrogens is 2. The number of nitrogens with two attached hydrogens (primary N) is 1. The van der Waals surface area contributed by atoms with Crippen LogP contribution in [0.1, 0.15) is 17.0 Å². The fourth-order valence-corrected chi connectivity index (χ4v) is 4.01. The van der Waals surface area contributed by atoms with Crippen molar-refractivity contribution in [2.24, 2.45) is 5.73 Å². The molecular formula is C18H12N4O3S. The van der Waals surface area contributed by atoms with Crippen molar-refractivity contribution in [3.63, 3.8) is 0 Å². The van der Waals surface area contributed by atoms with Crippen molar-refractivity contribution in [1.82, 2.24) is 10.2 Å². The molecule has 0 amide bonds. The van der Waals surface area contributed by atoms with Crippen molar-refractivity contribution in [2.75, 3.05) is 6.79 Å². The number of fused-ring (bicyclic) bond motifs is 2. The molecule has 2 aromatic heterocycles. The summed E-state index contributed by atoms with van der Waals surface area (Å²) >= 11 is 1.58. The van der Waals surface area contributed by atoms with E-state index in [1.165, 1.54) is 0 Å². The Morgan fingerprint density at radius 2 is 2.15 bits per heavy atom. The van der Waals surface area contributed by atoms with E-state index in [0.717, 1.165) is 21.7 Å². The van der Waals surface area contributed by atoms with Crippen LogP contribution in [0.15, 0.2) is 47.2 Å². The first kappa shape index (κ1) is 14.9. The number of H-pyrrole nitrogens is 1. The van der Waals surface area contributed by atoms with Gasteiger partial charge in [-0.1, -0.05) is 12.1 Å². The normalized spacial score (nSPS) is 17.6. The zero-order chi connectivity index (χ0) is 17.7. The van der Waals surface area contributed by atoms with Crippen molar-refractivity contribution in [2.45, 2.75) is 5.92 Å². The summed E-state index contributed by atoms with van der Waals surface area (Å²) < 4.78 is 16.5. The lowest BCUT2D eigenvalue weighted by molar-refractivity contribution is 0.174. The first-order chi connectivity index (χ1) is 12.8. The molecule has 0 spiro atoms. The van der Waals surface area contributed by atoms with E-state index in [9.17, 15) is 5.26 Å². The highest BCUT2D eigenvalue weighted by Crippen LogP contribution is 2.47. The van der Waals surface area contributed by atoms with Crippen LogP contribution in [0.5, 0.6) is 17.4 Å². The second-order valence-electron chi connectivity index (χ2n) is 5.83. The van der Waals surface area contributed by atoms with Gasteiger partial charge in [0.2, 0.25) is 18.6 Å². The molecule has 0 saturated carbocycles. The standard InChI is InChI=1S/C18H12N4O3S/c19-7-10-14(9-3-4-11-12(6-9)24-8-23-11)15-16(13-2-1-5-26-13)21-22-18(15)25-17(10)20/h1-6,14H,8,20H2,(H,21,22)/t14-/m0/s1. The summed E-state index contributed by atoms with van der Waals surface area (Å²) in [5, 5.41) is 19.0. The third-order valence-electron chi connectivity index (χ3n) is 4.44. The van der Waals surface area contributed by atoms with Crippen LogP contribution in [0.2, 0.25) is 0 Å². The number of nitriles is 1. The van der Waals surface area contributed by atoms with Gasteiger partial charge in [0.1, 0.15) is 11.6 Å². The molecule has 0 unspecified atom stereocenters. The molecule has 0 radical (unpaired) electrons. The topological polar surface area (TPSA) is 106 Å². The molecule has 1 aromatic carbocycles. The summed E-state index contributed by atoms with van der Waals surface area (Å²) in [6.07, 6.45) is 0. The van der Waals surface area contributed by atoms with Crippen molar-refractivity contribution < 1.29 is 14.2 Å². The molecule has 3 N–H and O–H groups in total. The van der Waals surface area contributed by atoms with Gasteiger partial charge in [0.25, 0.3) is 0 Å².